The summed E-state index contributed by atoms with van der Waals surface area (Å²) in [7, 11) is 0. The van der Waals surface area contributed by atoms with Crippen LogP contribution in [0.3, 0.4) is 0 Å². The van der Waals surface area contributed by atoms with Crippen molar-refractivity contribution in [3.05, 3.63) is 36.0 Å². The molecule has 2 heterocycles. The lowest BCUT2D eigenvalue weighted by atomic mass is 10.0. The molecule has 0 amide bonds. The van der Waals surface area contributed by atoms with Gasteiger partial charge in [-0.3, -0.25) is 0 Å². The number of hydrogen-bond donors (Lipinski definition) is 1. The molecular formula is C16H20N2O. The SMILES string of the molecule is Cc1ccc2cccc(OCC3CCCNC3)c2n1. The Balaban J connectivity index is 1.78. The normalized spacial score (nSPS) is 19.5. The second-order valence-corrected chi connectivity index (χ2v) is 5.30. The number of benzene rings is 1. The molecule has 19 heavy (non-hydrogen) atoms. The number of para-hydroxylation sites is 1. The molecule has 1 atom stereocenters. The Labute approximate surface area is 114 Å². The minimum Gasteiger partial charge on any atom is -0.491 e. The molecule has 1 aromatic carbocycles. The Hall–Kier alpha value is -1.61. The number of nitrogens with zero attached hydrogens (tertiary/aromatic N) is 1. The van der Waals surface area contributed by atoms with Crippen LogP contribution < -0.4 is 10.1 Å². The highest BCUT2D eigenvalue weighted by molar-refractivity contribution is 5.84. The van der Waals surface area contributed by atoms with Crippen LogP contribution in [0.2, 0.25) is 0 Å². The third-order valence-corrected chi connectivity index (χ3v) is 3.70. The van der Waals surface area contributed by atoms with E-state index in [-0.39, 0.29) is 0 Å². The highest BCUT2D eigenvalue weighted by atomic mass is 16.5. The fourth-order valence-corrected chi connectivity index (χ4v) is 2.61. The second kappa shape index (κ2) is 5.57. The number of piperidine rings is 1. The van der Waals surface area contributed by atoms with Gasteiger partial charge in [0, 0.05) is 23.5 Å². The summed E-state index contributed by atoms with van der Waals surface area (Å²) in [6.45, 7) is 5.01. The second-order valence-electron chi connectivity index (χ2n) is 5.30. The van der Waals surface area contributed by atoms with Gasteiger partial charge in [-0.15, -0.1) is 0 Å². The van der Waals surface area contributed by atoms with E-state index >= 15 is 0 Å². The van der Waals surface area contributed by atoms with E-state index in [4.69, 9.17) is 4.74 Å². The van der Waals surface area contributed by atoms with Gasteiger partial charge < -0.3 is 10.1 Å². The zero-order chi connectivity index (χ0) is 13.1. The van der Waals surface area contributed by atoms with Crippen molar-refractivity contribution in [2.24, 2.45) is 5.92 Å². The average Bonchev–Trinajstić information content (AvgIpc) is 2.46. The van der Waals surface area contributed by atoms with Crippen LogP contribution in [-0.2, 0) is 0 Å². The maximum absolute atomic E-state index is 6.01. The molecular weight excluding hydrogens is 236 g/mol. The number of fused-ring (bicyclic) bond motifs is 1. The van der Waals surface area contributed by atoms with Crippen molar-refractivity contribution in [3.8, 4) is 5.75 Å². The molecule has 2 aromatic rings. The molecule has 0 saturated carbocycles. The summed E-state index contributed by atoms with van der Waals surface area (Å²) in [4.78, 5) is 4.60. The van der Waals surface area contributed by atoms with Gasteiger partial charge >= 0.3 is 0 Å². The predicted octanol–water partition coefficient (Wildman–Crippen LogP) is 2.92. The summed E-state index contributed by atoms with van der Waals surface area (Å²) in [5, 5.41) is 4.57. The average molecular weight is 256 g/mol. The lowest BCUT2D eigenvalue weighted by molar-refractivity contribution is 0.220. The maximum atomic E-state index is 6.01. The third-order valence-electron chi connectivity index (χ3n) is 3.70. The first-order chi connectivity index (χ1) is 9.33. The molecule has 1 fully saturated rings. The van der Waals surface area contributed by atoms with E-state index in [1.807, 2.05) is 25.1 Å². The molecule has 1 aliphatic rings. The number of aromatic nitrogens is 1. The topological polar surface area (TPSA) is 34.1 Å². The van der Waals surface area contributed by atoms with Crippen LogP contribution in [0.15, 0.2) is 30.3 Å². The molecule has 3 rings (SSSR count). The highest BCUT2D eigenvalue weighted by Gasteiger charge is 2.14. The van der Waals surface area contributed by atoms with E-state index in [2.05, 4.69) is 22.4 Å². The lowest BCUT2D eigenvalue weighted by Gasteiger charge is -2.23. The molecule has 3 nitrogen and oxygen atoms in total. The fourth-order valence-electron chi connectivity index (χ4n) is 2.61. The van der Waals surface area contributed by atoms with Gasteiger partial charge in [0.2, 0.25) is 0 Å². The van der Waals surface area contributed by atoms with Gasteiger partial charge in [-0.2, -0.15) is 0 Å². The molecule has 0 bridgehead atoms. The van der Waals surface area contributed by atoms with Gasteiger partial charge in [0.1, 0.15) is 11.3 Å². The van der Waals surface area contributed by atoms with E-state index in [0.717, 1.165) is 42.0 Å². The van der Waals surface area contributed by atoms with Crippen molar-refractivity contribution >= 4 is 10.9 Å². The van der Waals surface area contributed by atoms with E-state index in [1.165, 1.54) is 12.8 Å². The van der Waals surface area contributed by atoms with Crippen molar-refractivity contribution in [2.75, 3.05) is 19.7 Å². The minimum atomic E-state index is 0.619. The summed E-state index contributed by atoms with van der Waals surface area (Å²) >= 11 is 0. The van der Waals surface area contributed by atoms with Crippen molar-refractivity contribution < 1.29 is 4.74 Å². The summed E-state index contributed by atoms with van der Waals surface area (Å²) in [6.07, 6.45) is 2.51. The summed E-state index contributed by atoms with van der Waals surface area (Å²) in [5.41, 5.74) is 2.01. The van der Waals surface area contributed by atoms with Crippen molar-refractivity contribution in [1.29, 1.82) is 0 Å². The quantitative estimate of drug-likeness (QED) is 0.917. The number of rotatable bonds is 3. The molecule has 3 heteroatoms. The van der Waals surface area contributed by atoms with E-state index in [0.29, 0.717) is 5.92 Å². The largest absolute Gasteiger partial charge is 0.491 e. The number of aryl methyl sites for hydroxylation is 1. The van der Waals surface area contributed by atoms with E-state index in [9.17, 15) is 0 Å². The summed E-state index contributed by atoms with van der Waals surface area (Å²) in [5.74, 6) is 1.53. The zero-order valence-corrected chi connectivity index (χ0v) is 11.4. The van der Waals surface area contributed by atoms with Gasteiger partial charge in [-0.25, -0.2) is 4.98 Å². The van der Waals surface area contributed by atoms with E-state index < -0.39 is 0 Å². The molecule has 1 aromatic heterocycles. The number of ether oxygens (including phenoxy) is 1. The fraction of sp³-hybridized carbons (Fsp3) is 0.438. The third kappa shape index (κ3) is 2.87. The van der Waals surface area contributed by atoms with Crippen molar-refractivity contribution in [1.82, 2.24) is 10.3 Å². The van der Waals surface area contributed by atoms with Crippen LogP contribution in [0.1, 0.15) is 18.5 Å². The van der Waals surface area contributed by atoms with Crippen LogP contribution in [0, 0.1) is 12.8 Å². The van der Waals surface area contributed by atoms with Crippen LogP contribution in [0.5, 0.6) is 5.75 Å². The van der Waals surface area contributed by atoms with Crippen LogP contribution in [0.25, 0.3) is 10.9 Å². The lowest BCUT2D eigenvalue weighted by Crippen LogP contribution is -2.33. The molecule has 1 saturated heterocycles. The molecule has 0 spiro atoms. The molecule has 0 radical (unpaired) electrons. The first-order valence-electron chi connectivity index (χ1n) is 7.03. The standard InChI is InChI=1S/C16H20N2O/c1-12-7-8-14-5-2-6-15(16(14)18-12)19-11-13-4-3-9-17-10-13/h2,5-8,13,17H,3-4,9-11H2,1H3. The number of pyridine rings is 1. The monoisotopic (exact) mass is 256 g/mol. The van der Waals surface area contributed by atoms with Gasteiger partial charge in [0.15, 0.2) is 0 Å². The Morgan fingerprint density at radius 2 is 2.26 bits per heavy atom. The smallest absolute Gasteiger partial charge is 0.145 e. The highest BCUT2D eigenvalue weighted by Crippen LogP contribution is 2.25. The molecule has 1 N–H and O–H groups in total. The van der Waals surface area contributed by atoms with Crippen LogP contribution >= 0.6 is 0 Å². The van der Waals surface area contributed by atoms with Gasteiger partial charge in [-0.1, -0.05) is 18.2 Å². The zero-order valence-electron chi connectivity index (χ0n) is 11.4. The molecule has 0 aliphatic carbocycles. The summed E-state index contributed by atoms with van der Waals surface area (Å²) in [6, 6.07) is 10.3. The Bertz CT molecular complexity index is 562. The Morgan fingerprint density at radius 3 is 3.11 bits per heavy atom. The van der Waals surface area contributed by atoms with Gasteiger partial charge in [-0.05, 0) is 38.4 Å². The van der Waals surface area contributed by atoms with Crippen LogP contribution in [-0.4, -0.2) is 24.7 Å². The molecule has 100 valence electrons. The first kappa shape index (κ1) is 12.4. The maximum Gasteiger partial charge on any atom is 0.145 e. The van der Waals surface area contributed by atoms with Gasteiger partial charge in [0.25, 0.3) is 0 Å². The minimum absolute atomic E-state index is 0.619. The predicted molar refractivity (Wildman–Crippen MR) is 77.6 cm³/mol. The Morgan fingerprint density at radius 1 is 1.32 bits per heavy atom. The van der Waals surface area contributed by atoms with Gasteiger partial charge in [0.05, 0.1) is 6.61 Å². The molecule has 1 aliphatic heterocycles. The van der Waals surface area contributed by atoms with Crippen molar-refractivity contribution in [2.45, 2.75) is 19.8 Å². The number of nitrogens with one attached hydrogen (secondary N) is 1. The van der Waals surface area contributed by atoms with Crippen molar-refractivity contribution in [3.63, 3.8) is 0 Å². The van der Waals surface area contributed by atoms with E-state index in [1.54, 1.807) is 0 Å². The Kier molecular flexibility index (Phi) is 3.65. The first-order valence-corrected chi connectivity index (χ1v) is 7.03. The van der Waals surface area contributed by atoms with Crippen LogP contribution in [0.4, 0.5) is 0 Å². The summed E-state index contributed by atoms with van der Waals surface area (Å²) < 4.78 is 6.01. The number of hydrogen-bond acceptors (Lipinski definition) is 3. The molecule has 1 unspecified atom stereocenters.